The quantitative estimate of drug-likeness (QED) is 0.790. The minimum atomic E-state index is 0.278. The molecule has 21 heavy (non-hydrogen) atoms. The summed E-state index contributed by atoms with van der Waals surface area (Å²) in [5.41, 5.74) is 8.26. The number of rotatable bonds is 3. The number of aromatic nitrogens is 5. The molecule has 0 aliphatic rings. The van der Waals surface area contributed by atoms with Crippen LogP contribution in [-0.2, 0) is 0 Å². The van der Waals surface area contributed by atoms with Gasteiger partial charge in [0.05, 0.1) is 11.9 Å². The summed E-state index contributed by atoms with van der Waals surface area (Å²) in [6.45, 7) is 3.84. The number of nitrogens with zero attached hydrogens (tertiary/aromatic N) is 5. The highest BCUT2D eigenvalue weighted by atomic mass is 16.5. The second-order valence-corrected chi connectivity index (χ2v) is 4.55. The Morgan fingerprint density at radius 3 is 2.76 bits per heavy atom. The zero-order chi connectivity index (χ0) is 14.8. The van der Waals surface area contributed by atoms with Crippen molar-refractivity contribution in [2.75, 3.05) is 5.73 Å². The van der Waals surface area contributed by atoms with Gasteiger partial charge in [0.15, 0.2) is 5.82 Å². The van der Waals surface area contributed by atoms with Gasteiger partial charge in [0.1, 0.15) is 17.8 Å². The number of nitrogen functional groups attached to an aromatic ring is 1. The summed E-state index contributed by atoms with van der Waals surface area (Å²) < 4.78 is 7.31. The van der Waals surface area contributed by atoms with Gasteiger partial charge in [0.25, 0.3) is 0 Å². The average Bonchev–Trinajstić information content (AvgIpc) is 2.81. The van der Waals surface area contributed by atoms with Crippen LogP contribution in [0, 0.1) is 13.8 Å². The summed E-state index contributed by atoms with van der Waals surface area (Å²) >= 11 is 0. The highest BCUT2D eigenvalue weighted by Gasteiger charge is 2.14. The summed E-state index contributed by atoms with van der Waals surface area (Å²) in [6.07, 6.45) is 4.65. The van der Waals surface area contributed by atoms with E-state index in [2.05, 4.69) is 20.1 Å². The van der Waals surface area contributed by atoms with Crippen molar-refractivity contribution in [3.8, 4) is 17.4 Å². The maximum absolute atomic E-state index is 6.11. The van der Waals surface area contributed by atoms with Crippen LogP contribution in [0.15, 0.2) is 36.9 Å². The fraction of sp³-hybridized carbons (Fsp3) is 0.143. The SMILES string of the molecule is Cc1cc(C)n(-c2ncnc(Oc3cccnc3)c2N)n1. The third-order valence-corrected chi connectivity index (χ3v) is 2.89. The lowest BCUT2D eigenvalue weighted by atomic mass is 10.4. The van der Waals surface area contributed by atoms with Gasteiger partial charge in [-0.2, -0.15) is 10.1 Å². The smallest absolute Gasteiger partial charge is 0.248 e. The summed E-state index contributed by atoms with van der Waals surface area (Å²) in [4.78, 5) is 12.2. The van der Waals surface area contributed by atoms with Crippen LogP contribution in [0.2, 0.25) is 0 Å². The molecule has 106 valence electrons. The lowest BCUT2D eigenvalue weighted by molar-refractivity contribution is 0.461. The summed E-state index contributed by atoms with van der Waals surface area (Å²) in [6, 6.07) is 5.50. The first kappa shape index (κ1) is 13.0. The van der Waals surface area contributed by atoms with Crippen molar-refractivity contribution < 1.29 is 4.74 Å². The third kappa shape index (κ3) is 2.53. The molecule has 0 aliphatic heterocycles. The summed E-state index contributed by atoms with van der Waals surface area (Å²) in [5.74, 6) is 1.33. The standard InChI is InChI=1S/C14H14N6O/c1-9-6-10(2)20(19-9)13-12(15)14(18-8-17-13)21-11-4-3-5-16-7-11/h3-8H,15H2,1-2H3. The first-order valence-corrected chi connectivity index (χ1v) is 6.37. The molecule has 0 bridgehead atoms. The van der Waals surface area contributed by atoms with Gasteiger partial charge in [-0.15, -0.1) is 0 Å². The van der Waals surface area contributed by atoms with Gasteiger partial charge >= 0.3 is 0 Å². The molecule has 2 N–H and O–H groups in total. The number of anilines is 1. The molecule has 0 amide bonds. The number of aryl methyl sites for hydroxylation is 2. The Bertz CT molecular complexity index is 768. The lowest BCUT2D eigenvalue weighted by Gasteiger charge is -2.10. The molecule has 0 spiro atoms. The zero-order valence-electron chi connectivity index (χ0n) is 11.7. The van der Waals surface area contributed by atoms with E-state index in [-0.39, 0.29) is 5.88 Å². The summed E-state index contributed by atoms with van der Waals surface area (Å²) in [7, 11) is 0. The molecule has 0 aliphatic carbocycles. The highest BCUT2D eigenvalue weighted by molar-refractivity contribution is 5.60. The summed E-state index contributed by atoms with van der Waals surface area (Å²) in [5, 5.41) is 4.37. The van der Waals surface area contributed by atoms with E-state index in [0.29, 0.717) is 17.3 Å². The number of nitrogens with two attached hydrogens (primary N) is 1. The molecule has 3 rings (SSSR count). The Morgan fingerprint density at radius 2 is 2.10 bits per heavy atom. The molecular formula is C14H14N6O. The van der Waals surface area contributed by atoms with Crippen molar-refractivity contribution in [3.05, 3.63) is 48.3 Å². The second kappa shape index (κ2) is 5.20. The van der Waals surface area contributed by atoms with Crippen LogP contribution in [0.5, 0.6) is 11.6 Å². The van der Waals surface area contributed by atoms with E-state index in [1.54, 1.807) is 29.2 Å². The van der Waals surface area contributed by atoms with E-state index in [4.69, 9.17) is 10.5 Å². The van der Waals surface area contributed by atoms with Crippen LogP contribution < -0.4 is 10.5 Å². The predicted octanol–water partition coefficient (Wildman–Crippen LogP) is 2.05. The van der Waals surface area contributed by atoms with E-state index in [0.717, 1.165) is 11.4 Å². The Labute approximate surface area is 121 Å². The van der Waals surface area contributed by atoms with Gasteiger partial charge < -0.3 is 10.5 Å². The molecule has 0 aromatic carbocycles. The van der Waals surface area contributed by atoms with Crippen molar-refractivity contribution >= 4 is 5.69 Å². The molecule has 0 unspecified atom stereocenters. The molecule has 3 heterocycles. The van der Waals surface area contributed by atoms with Gasteiger partial charge in [-0.25, -0.2) is 9.67 Å². The van der Waals surface area contributed by atoms with Crippen LogP contribution in [0.4, 0.5) is 5.69 Å². The van der Waals surface area contributed by atoms with E-state index < -0.39 is 0 Å². The number of hydrogen-bond donors (Lipinski definition) is 1. The van der Waals surface area contributed by atoms with Crippen LogP contribution >= 0.6 is 0 Å². The van der Waals surface area contributed by atoms with Gasteiger partial charge in [-0.05, 0) is 32.0 Å². The molecule has 0 saturated carbocycles. The van der Waals surface area contributed by atoms with Gasteiger partial charge in [0.2, 0.25) is 5.88 Å². The van der Waals surface area contributed by atoms with Crippen LogP contribution in [0.3, 0.4) is 0 Å². The van der Waals surface area contributed by atoms with Crippen molar-refractivity contribution in [1.29, 1.82) is 0 Å². The Balaban J connectivity index is 2.01. The van der Waals surface area contributed by atoms with Crippen molar-refractivity contribution in [2.24, 2.45) is 0 Å². The number of pyridine rings is 1. The largest absolute Gasteiger partial charge is 0.435 e. The lowest BCUT2D eigenvalue weighted by Crippen LogP contribution is -2.08. The minimum Gasteiger partial charge on any atom is -0.435 e. The molecule has 0 atom stereocenters. The fourth-order valence-electron chi connectivity index (χ4n) is 1.98. The number of ether oxygens (including phenoxy) is 1. The van der Waals surface area contributed by atoms with Crippen LogP contribution in [-0.4, -0.2) is 24.7 Å². The van der Waals surface area contributed by atoms with E-state index in [1.165, 1.54) is 6.33 Å². The predicted molar refractivity (Wildman–Crippen MR) is 77.4 cm³/mol. The van der Waals surface area contributed by atoms with Gasteiger partial charge in [0, 0.05) is 11.9 Å². The first-order chi connectivity index (χ1) is 10.1. The van der Waals surface area contributed by atoms with Gasteiger partial charge in [-0.1, -0.05) is 0 Å². The van der Waals surface area contributed by atoms with E-state index in [1.807, 2.05) is 19.9 Å². The number of hydrogen-bond acceptors (Lipinski definition) is 6. The first-order valence-electron chi connectivity index (χ1n) is 6.37. The van der Waals surface area contributed by atoms with Crippen LogP contribution in [0.1, 0.15) is 11.4 Å². The molecule has 7 heteroatoms. The normalized spacial score (nSPS) is 10.6. The zero-order valence-corrected chi connectivity index (χ0v) is 11.7. The third-order valence-electron chi connectivity index (χ3n) is 2.89. The van der Waals surface area contributed by atoms with Crippen LogP contribution in [0.25, 0.3) is 5.82 Å². The second-order valence-electron chi connectivity index (χ2n) is 4.55. The average molecular weight is 282 g/mol. The van der Waals surface area contributed by atoms with E-state index >= 15 is 0 Å². The Kier molecular flexibility index (Phi) is 3.23. The van der Waals surface area contributed by atoms with Gasteiger partial charge in [-0.3, -0.25) is 4.98 Å². The molecule has 3 aromatic heterocycles. The maximum Gasteiger partial charge on any atom is 0.248 e. The molecule has 0 fully saturated rings. The Hall–Kier alpha value is -2.96. The molecule has 3 aromatic rings. The molecule has 0 radical (unpaired) electrons. The minimum absolute atomic E-state index is 0.278. The topological polar surface area (TPSA) is 91.7 Å². The molecular weight excluding hydrogens is 268 g/mol. The molecule has 7 nitrogen and oxygen atoms in total. The highest BCUT2D eigenvalue weighted by Crippen LogP contribution is 2.28. The fourth-order valence-corrected chi connectivity index (χ4v) is 1.98. The molecule has 0 saturated heterocycles. The monoisotopic (exact) mass is 282 g/mol. The van der Waals surface area contributed by atoms with E-state index in [9.17, 15) is 0 Å². The maximum atomic E-state index is 6.11. The van der Waals surface area contributed by atoms with Crippen molar-refractivity contribution in [1.82, 2.24) is 24.7 Å². The Morgan fingerprint density at radius 1 is 1.24 bits per heavy atom. The van der Waals surface area contributed by atoms with Crippen molar-refractivity contribution in [3.63, 3.8) is 0 Å². The van der Waals surface area contributed by atoms with Crippen molar-refractivity contribution in [2.45, 2.75) is 13.8 Å².